The number of hydrogen-bond acceptors (Lipinski definition) is 3. The van der Waals surface area contributed by atoms with Crippen LogP contribution in [0.2, 0.25) is 0 Å². The lowest BCUT2D eigenvalue weighted by Crippen LogP contribution is -2.30. The average molecular weight is 418 g/mol. The lowest BCUT2D eigenvalue weighted by atomic mass is 10.0. The van der Waals surface area contributed by atoms with E-state index in [1.165, 1.54) is 0 Å². The van der Waals surface area contributed by atoms with E-state index in [1.54, 1.807) is 30.2 Å². The Hall–Kier alpha value is -3.60. The average Bonchev–Trinajstić information content (AvgIpc) is 2.81. The number of carbonyl (C=O) groups excluding carboxylic acids is 1. The maximum atomic E-state index is 12.9. The summed E-state index contributed by atoms with van der Waals surface area (Å²) in [5.74, 6) is -0.109. The number of carbonyl (C=O) groups is 2. The Kier molecular flexibility index (Phi) is 7.44. The van der Waals surface area contributed by atoms with Gasteiger partial charge >= 0.3 is 5.97 Å². The number of methoxy groups -OCH3 is 1. The first-order valence-electron chi connectivity index (χ1n) is 10.4. The van der Waals surface area contributed by atoms with Crippen molar-refractivity contribution in [3.8, 4) is 16.9 Å². The molecule has 0 unspecified atom stereocenters. The summed E-state index contributed by atoms with van der Waals surface area (Å²) in [5, 5.41) is 9.21. The topological polar surface area (TPSA) is 66.8 Å². The highest BCUT2D eigenvalue weighted by Gasteiger charge is 2.16. The van der Waals surface area contributed by atoms with E-state index in [1.807, 2.05) is 54.6 Å². The van der Waals surface area contributed by atoms with Crippen LogP contribution in [0.3, 0.4) is 0 Å². The molecular formula is C26H27NO4. The molecule has 0 aliphatic heterocycles. The number of carboxylic acid groups (broad SMARTS) is 1. The molecular weight excluding hydrogens is 390 g/mol. The molecule has 1 N–H and O–H groups in total. The van der Waals surface area contributed by atoms with Gasteiger partial charge in [0, 0.05) is 12.1 Å². The van der Waals surface area contributed by atoms with Crippen molar-refractivity contribution in [2.45, 2.75) is 32.7 Å². The monoisotopic (exact) mass is 417 g/mol. The summed E-state index contributed by atoms with van der Waals surface area (Å²) in [5.41, 5.74) is 3.87. The van der Waals surface area contributed by atoms with Crippen LogP contribution in [0.25, 0.3) is 11.1 Å². The first kappa shape index (κ1) is 22.1. The van der Waals surface area contributed by atoms with Crippen molar-refractivity contribution >= 4 is 17.6 Å². The van der Waals surface area contributed by atoms with Gasteiger partial charge in [0.2, 0.25) is 5.91 Å². The first-order chi connectivity index (χ1) is 15.0. The van der Waals surface area contributed by atoms with Gasteiger partial charge in [0.05, 0.1) is 19.2 Å². The molecule has 5 nitrogen and oxygen atoms in total. The molecule has 5 heteroatoms. The van der Waals surface area contributed by atoms with Crippen molar-refractivity contribution in [3.05, 3.63) is 83.9 Å². The highest BCUT2D eigenvalue weighted by atomic mass is 16.5. The van der Waals surface area contributed by atoms with Crippen LogP contribution in [0.15, 0.2) is 72.8 Å². The van der Waals surface area contributed by atoms with Crippen molar-refractivity contribution in [3.63, 3.8) is 0 Å². The number of amides is 1. The largest absolute Gasteiger partial charge is 0.497 e. The number of aromatic carboxylic acids is 1. The second kappa shape index (κ2) is 10.4. The Balaban J connectivity index is 1.82. The summed E-state index contributed by atoms with van der Waals surface area (Å²) in [6, 6.07) is 22.2. The molecule has 0 fully saturated rings. The summed E-state index contributed by atoms with van der Waals surface area (Å²) in [6.45, 7) is 2.54. The zero-order chi connectivity index (χ0) is 22.2. The van der Waals surface area contributed by atoms with Crippen molar-refractivity contribution in [1.82, 2.24) is 0 Å². The molecule has 0 aliphatic rings. The molecule has 1 amide bonds. The fourth-order valence-corrected chi connectivity index (χ4v) is 3.37. The Morgan fingerprint density at radius 3 is 2.26 bits per heavy atom. The highest BCUT2D eigenvalue weighted by Crippen LogP contribution is 2.25. The molecule has 0 saturated carbocycles. The van der Waals surface area contributed by atoms with Crippen LogP contribution < -0.4 is 9.64 Å². The third-order valence-electron chi connectivity index (χ3n) is 5.17. The molecule has 0 bridgehead atoms. The molecule has 3 aromatic rings. The molecule has 160 valence electrons. The molecule has 0 saturated heterocycles. The number of ether oxygens (including phenoxy) is 1. The minimum absolute atomic E-state index is 0.0882. The molecule has 3 rings (SSSR count). The summed E-state index contributed by atoms with van der Waals surface area (Å²) < 4.78 is 5.23. The Morgan fingerprint density at radius 2 is 1.65 bits per heavy atom. The number of nitrogens with zero attached hydrogens (tertiary/aromatic N) is 1. The van der Waals surface area contributed by atoms with E-state index in [4.69, 9.17) is 4.74 Å². The SMILES string of the molecule is CCCCC(=O)N(Cc1ccc(-c2cccc(C(=O)O)c2)cc1)c1ccc(OC)cc1. The maximum absolute atomic E-state index is 12.9. The quantitative estimate of drug-likeness (QED) is 0.479. The normalized spacial score (nSPS) is 10.5. The number of carboxylic acids is 1. The number of anilines is 1. The lowest BCUT2D eigenvalue weighted by molar-refractivity contribution is -0.118. The van der Waals surface area contributed by atoms with Crippen LogP contribution in [0.1, 0.15) is 42.1 Å². The second-order valence-electron chi connectivity index (χ2n) is 7.36. The van der Waals surface area contributed by atoms with E-state index in [0.29, 0.717) is 13.0 Å². The molecule has 3 aromatic carbocycles. The van der Waals surface area contributed by atoms with Crippen molar-refractivity contribution in [2.24, 2.45) is 0 Å². The van der Waals surface area contributed by atoms with Gasteiger partial charge in [0.15, 0.2) is 0 Å². The first-order valence-corrected chi connectivity index (χ1v) is 10.4. The van der Waals surface area contributed by atoms with E-state index in [2.05, 4.69) is 6.92 Å². The van der Waals surface area contributed by atoms with Crippen LogP contribution in [-0.4, -0.2) is 24.1 Å². The van der Waals surface area contributed by atoms with Gasteiger partial charge in [-0.1, -0.05) is 49.7 Å². The molecule has 31 heavy (non-hydrogen) atoms. The summed E-state index contributed by atoms with van der Waals surface area (Å²) in [4.78, 5) is 25.9. The van der Waals surface area contributed by atoms with E-state index in [9.17, 15) is 14.7 Å². The van der Waals surface area contributed by atoms with Crippen LogP contribution >= 0.6 is 0 Å². The van der Waals surface area contributed by atoms with Gasteiger partial charge in [-0.15, -0.1) is 0 Å². The number of rotatable bonds is 9. The second-order valence-corrected chi connectivity index (χ2v) is 7.36. The predicted molar refractivity (Wildman–Crippen MR) is 123 cm³/mol. The van der Waals surface area contributed by atoms with Gasteiger partial charge in [-0.25, -0.2) is 4.79 Å². The molecule has 0 spiro atoms. The van der Waals surface area contributed by atoms with Gasteiger partial charge in [0.25, 0.3) is 0 Å². The van der Waals surface area contributed by atoms with Gasteiger partial charge in [-0.2, -0.15) is 0 Å². The van der Waals surface area contributed by atoms with Crippen molar-refractivity contribution in [1.29, 1.82) is 0 Å². The lowest BCUT2D eigenvalue weighted by Gasteiger charge is -2.23. The number of benzene rings is 3. The third-order valence-corrected chi connectivity index (χ3v) is 5.17. The molecule has 0 aliphatic carbocycles. The Bertz CT molecular complexity index is 1030. The molecule has 0 aromatic heterocycles. The number of hydrogen-bond donors (Lipinski definition) is 1. The van der Waals surface area contributed by atoms with Crippen LogP contribution in [0.4, 0.5) is 5.69 Å². The summed E-state index contributed by atoms with van der Waals surface area (Å²) >= 11 is 0. The fourth-order valence-electron chi connectivity index (χ4n) is 3.37. The molecule has 0 atom stereocenters. The van der Waals surface area contributed by atoms with Gasteiger partial charge in [0.1, 0.15) is 5.75 Å². The van der Waals surface area contributed by atoms with Gasteiger partial charge in [-0.05, 0) is 59.5 Å². The van der Waals surface area contributed by atoms with E-state index in [0.717, 1.165) is 41.0 Å². The minimum atomic E-state index is -0.945. The highest BCUT2D eigenvalue weighted by molar-refractivity contribution is 5.93. The van der Waals surface area contributed by atoms with E-state index in [-0.39, 0.29) is 11.5 Å². The molecule has 0 radical (unpaired) electrons. The predicted octanol–water partition coefficient (Wildman–Crippen LogP) is 5.78. The van der Waals surface area contributed by atoms with Crippen LogP contribution in [0.5, 0.6) is 5.75 Å². The van der Waals surface area contributed by atoms with E-state index < -0.39 is 5.97 Å². The summed E-state index contributed by atoms with van der Waals surface area (Å²) in [7, 11) is 1.62. The van der Waals surface area contributed by atoms with Crippen molar-refractivity contribution in [2.75, 3.05) is 12.0 Å². The number of unbranched alkanes of at least 4 members (excludes halogenated alkanes) is 1. The smallest absolute Gasteiger partial charge is 0.335 e. The van der Waals surface area contributed by atoms with Gasteiger partial charge in [-0.3, -0.25) is 4.79 Å². The van der Waals surface area contributed by atoms with Crippen LogP contribution in [-0.2, 0) is 11.3 Å². The Labute approximate surface area is 182 Å². The van der Waals surface area contributed by atoms with E-state index >= 15 is 0 Å². The van der Waals surface area contributed by atoms with Gasteiger partial charge < -0.3 is 14.7 Å². The fraction of sp³-hybridized carbons (Fsp3) is 0.231. The minimum Gasteiger partial charge on any atom is -0.497 e. The Morgan fingerprint density at radius 1 is 0.935 bits per heavy atom. The third kappa shape index (κ3) is 5.72. The molecule has 0 heterocycles. The zero-order valence-corrected chi connectivity index (χ0v) is 17.9. The zero-order valence-electron chi connectivity index (χ0n) is 17.9. The maximum Gasteiger partial charge on any atom is 0.335 e. The summed E-state index contributed by atoms with van der Waals surface area (Å²) in [6.07, 6.45) is 2.32. The standard InChI is InChI=1S/C26H27NO4/c1-3-4-8-25(28)27(23-13-15-24(31-2)16-14-23)18-19-9-11-20(12-10-19)21-6-5-7-22(17-21)26(29)30/h5-7,9-17H,3-4,8,18H2,1-2H3,(H,29,30). The van der Waals surface area contributed by atoms with Crippen molar-refractivity contribution < 1.29 is 19.4 Å². The van der Waals surface area contributed by atoms with Crippen LogP contribution in [0, 0.1) is 0 Å².